The first kappa shape index (κ1) is 21.7. The normalized spacial score (nSPS) is 22.5. The topological polar surface area (TPSA) is 82.4 Å². The molecule has 2 heterocycles. The summed E-state index contributed by atoms with van der Waals surface area (Å²) in [5.74, 6) is 0. The van der Waals surface area contributed by atoms with Crippen molar-refractivity contribution >= 4 is 35.0 Å². The Balaban J connectivity index is 1.59. The smallest absolute Gasteiger partial charge is 0.435 e. The lowest BCUT2D eigenvalue weighted by molar-refractivity contribution is -0.275. The van der Waals surface area contributed by atoms with E-state index in [0.717, 1.165) is 17.0 Å². The lowest BCUT2D eigenvalue weighted by Crippen LogP contribution is -2.60. The molecule has 2 aliphatic heterocycles. The number of hydrogen-bond donors (Lipinski definition) is 2. The monoisotopic (exact) mass is 474 g/mol. The zero-order chi connectivity index (χ0) is 22.6. The van der Waals surface area contributed by atoms with E-state index >= 15 is 0 Å². The van der Waals surface area contributed by atoms with Gasteiger partial charge in [-0.1, -0.05) is 52.6 Å². The number of aliphatic hydroxyl groups is 1. The van der Waals surface area contributed by atoms with Gasteiger partial charge in [0.25, 0.3) is 5.60 Å². The van der Waals surface area contributed by atoms with E-state index in [1.807, 2.05) is 0 Å². The molecule has 4 rings (SSSR count). The minimum atomic E-state index is -4.80. The Morgan fingerprint density at radius 3 is 2.16 bits per heavy atom. The summed E-state index contributed by atoms with van der Waals surface area (Å²) in [5.41, 5.74) is -3.43. The average molecular weight is 475 g/mol. The maximum atomic E-state index is 14.1. The molecule has 0 aromatic heterocycles. The van der Waals surface area contributed by atoms with E-state index in [2.05, 4.69) is 5.16 Å². The molecule has 1 atom stereocenters. The van der Waals surface area contributed by atoms with Crippen LogP contribution in [0.25, 0.3) is 0 Å². The molecule has 2 N–H and O–H groups in total. The number of amides is 1. The molecule has 1 fully saturated rings. The van der Waals surface area contributed by atoms with E-state index in [-0.39, 0.29) is 34.4 Å². The van der Waals surface area contributed by atoms with Crippen LogP contribution in [0, 0.1) is 0 Å². The summed E-state index contributed by atoms with van der Waals surface area (Å²) in [7, 11) is 0. The summed E-state index contributed by atoms with van der Waals surface area (Å²) < 4.78 is 42.2. The van der Waals surface area contributed by atoms with Gasteiger partial charge in [-0.15, -0.1) is 0 Å². The number of nitrogens with zero attached hydrogens (tertiary/aromatic N) is 2. The molecular weight excluding hydrogens is 460 g/mol. The summed E-state index contributed by atoms with van der Waals surface area (Å²) in [5, 5.41) is 23.2. The van der Waals surface area contributed by atoms with Crippen molar-refractivity contribution in [1.82, 2.24) is 4.90 Å². The molecule has 1 unspecified atom stereocenters. The molecule has 2 aromatic carbocycles. The second-order valence-electron chi connectivity index (χ2n) is 7.54. The van der Waals surface area contributed by atoms with Crippen molar-refractivity contribution in [3.63, 3.8) is 0 Å². The van der Waals surface area contributed by atoms with E-state index in [1.54, 1.807) is 0 Å². The van der Waals surface area contributed by atoms with Gasteiger partial charge in [-0.2, -0.15) is 13.2 Å². The highest BCUT2D eigenvalue weighted by atomic mass is 35.5. The molecule has 0 radical (unpaired) electrons. The predicted molar refractivity (Wildman–Crippen MR) is 106 cm³/mol. The molecule has 6 nitrogen and oxygen atoms in total. The van der Waals surface area contributed by atoms with Crippen molar-refractivity contribution in [2.75, 3.05) is 13.1 Å². The number of β-amino-alcohol motifs (C(OH)–C–C–N with tert-alkyl or cyclic N) is 1. The Kier molecular flexibility index (Phi) is 5.11. The summed E-state index contributed by atoms with van der Waals surface area (Å²) in [6, 6.07) is 9.68. The number of halogens is 5. The van der Waals surface area contributed by atoms with Gasteiger partial charge in [0.1, 0.15) is 5.60 Å². The molecule has 31 heavy (non-hydrogen) atoms. The van der Waals surface area contributed by atoms with Gasteiger partial charge in [0.2, 0.25) is 0 Å². The number of rotatable bonds is 3. The van der Waals surface area contributed by atoms with Crippen LogP contribution in [-0.2, 0) is 16.0 Å². The van der Waals surface area contributed by atoms with Crippen molar-refractivity contribution in [2.24, 2.45) is 5.16 Å². The highest BCUT2D eigenvalue weighted by Gasteiger charge is 2.62. The number of hydrogen-bond acceptors (Lipinski definition) is 4. The van der Waals surface area contributed by atoms with Crippen molar-refractivity contribution in [1.29, 1.82) is 0 Å². The Hall–Kier alpha value is -2.49. The Morgan fingerprint density at radius 1 is 1.06 bits per heavy atom. The molecule has 164 valence electrons. The molecule has 0 aliphatic carbocycles. The molecule has 0 spiro atoms. The maximum absolute atomic E-state index is 14.1. The fourth-order valence-electron chi connectivity index (χ4n) is 3.72. The van der Waals surface area contributed by atoms with Gasteiger partial charge in [-0.3, -0.25) is 0 Å². The van der Waals surface area contributed by atoms with E-state index in [1.165, 1.54) is 30.3 Å². The number of alkyl halides is 3. The minimum Gasteiger partial charge on any atom is -0.465 e. The van der Waals surface area contributed by atoms with E-state index in [4.69, 9.17) is 33.1 Å². The minimum absolute atomic E-state index is 0.0386. The molecule has 0 saturated carbocycles. The fraction of sp³-hybridized carbons (Fsp3) is 0.300. The Labute approximate surface area is 184 Å². The van der Waals surface area contributed by atoms with Crippen LogP contribution in [0.5, 0.6) is 0 Å². The number of carbonyl (C=O) groups is 1. The Morgan fingerprint density at radius 2 is 1.65 bits per heavy atom. The molecule has 1 amide bonds. The standard InChI is InChI=1S/C20H15Cl2F3N2O4/c21-14-5-13(6-15(22)7-14)19(20(23,24)25)8-16(26-31-19)11-1-3-12(4-2-11)18(30)9-27(10-18)17(28)29/h1-7,30H,8-10H2,(H,28,29). The highest BCUT2D eigenvalue weighted by Crippen LogP contribution is 2.49. The van der Waals surface area contributed by atoms with Crippen LogP contribution in [-0.4, -0.2) is 46.2 Å². The summed E-state index contributed by atoms with van der Waals surface area (Å²) in [6.07, 6.45) is -6.53. The van der Waals surface area contributed by atoms with E-state index < -0.39 is 29.9 Å². The largest absolute Gasteiger partial charge is 0.465 e. The lowest BCUT2D eigenvalue weighted by atomic mass is 9.84. The van der Waals surface area contributed by atoms with Crippen LogP contribution >= 0.6 is 23.2 Å². The van der Waals surface area contributed by atoms with Gasteiger partial charge >= 0.3 is 12.3 Å². The second-order valence-corrected chi connectivity index (χ2v) is 8.41. The summed E-state index contributed by atoms with van der Waals surface area (Å²) in [4.78, 5) is 16.9. The first-order valence-electron chi connectivity index (χ1n) is 9.03. The maximum Gasteiger partial charge on any atom is 0.435 e. The van der Waals surface area contributed by atoms with Gasteiger partial charge in [0.15, 0.2) is 0 Å². The van der Waals surface area contributed by atoms with Crippen LogP contribution in [0.3, 0.4) is 0 Å². The second kappa shape index (κ2) is 7.29. The highest BCUT2D eigenvalue weighted by molar-refractivity contribution is 6.34. The van der Waals surface area contributed by atoms with Crippen molar-refractivity contribution in [2.45, 2.75) is 23.8 Å². The molecule has 11 heteroatoms. The SMILES string of the molecule is O=C(O)N1CC(O)(c2ccc(C3=NOC(c4cc(Cl)cc(Cl)c4)(C(F)(F)F)C3)cc2)C1. The van der Waals surface area contributed by atoms with Crippen molar-refractivity contribution in [3.05, 3.63) is 69.2 Å². The number of oxime groups is 1. The lowest BCUT2D eigenvalue weighted by Gasteiger charge is -2.45. The third kappa shape index (κ3) is 3.71. The van der Waals surface area contributed by atoms with Crippen LogP contribution in [0.4, 0.5) is 18.0 Å². The van der Waals surface area contributed by atoms with E-state index in [9.17, 15) is 23.1 Å². The molecular formula is C20H15Cl2F3N2O4. The third-order valence-electron chi connectivity index (χ3n) is 5.45. The zero-order valence-corrected chi connectivity index (χ0v) is 17.2. The van der Waals surface area contributed by atoms with Crippen molar-refractivity contribution < 1.29 is 33.0 Å². The first-order chi connectivity index (χ1) is 14.4. The van der Waals surface area contributed by atoms with Gasteiger partial charge < -0.3 is 20.0 Å². The van der Waals surface area contributed by atoms with Gasteiger partial charge in [0, 0.05) is 22.0 Å². The van der Waals surface area contributed by atoms with Crippen molar-refractivity contribution in [3.8, 4) is 0 Å². The van der Waals surface area contributed by atoms with Crippen LogP contribution in [0.1, 0.15) is 23.1 Å². The predicted octanol–water partition coefficient (Wildman–Crippen LogP) is 4.76. The van der Waals surface area contributed by atoms with Crippen LogP contribution in [0.15, 0.2) is 47.6 Å². The third-order valence-corrected chi connectivity index (χ3v) is 5.88. The van der Waals surface area contributed by atoms with Crippen LogP contribution in [0.2, 0.25) is 10.0 Å². The molecule has 2 aromatic rings. The zero-order valence-electron chi connectivity index (χ0n) is 15.7. The fourth-order valence-corrected chi connectivity index (χ4v) is 4.25. The number of likely N-dealkylation sites (tertiary alicyclic amines) is 1. The molecule has 1 saturated heterocycles. The number of benzene rings is 2. The van der Waals surface area contributed by atoms with Crippen LogP contribution < -0.4 is 0 Å². The van der Waals surface area contributed by atoms with E-state index in [0.29, 0.717) is 11.1 Å². The first-order valence-corrected chi connectivity index (χ1v) is 9.79. The van der Waals surface area contributed by atoms with Gasteiger partial charge in [-0.25, -0.2) is 4.79 Å². The quantitative estimate of drug-likeness (QED) is 0.671. The molecule has 0 bridgehead atoms. The molecule has 2 aliphatic rings. The summed E-state index contributed by atoms with van der Waals surface area (Å²) >= 11 is 11.8. The summed E-state index contributed by atoms with van der Waals surface area (Å²) in [6.45, 7) is -0.170. The average Bonchev–Trinajstić information content (AvgIpc) is 3.11. The Bertz CT molecular complexity index is 1050. The van der Waals surface area contributed by atoms with Gasteiger partial charge in [-0.05, 0) is 29.3 Å². The van der Waals surface area contributed by atoms with Gasteiger partial charge in [0.05, 0.1) is 18.8 Å². The number of carboxylic acid groups (broad SMARTS) is 1.